The van der Waals surface area contributed by atoms with E-state index in [-0.39, 0.29) is 5.91 Å². The van der Waals surface area contributed by atoms with Crippen LogP contribution in [-0.4, -0.2) is 24.5 Å². The summed E-state index contributed by atoms with van der Waals surface area (Å²) in [6, 6.07) is 15.0. The Morgan fingerprint density at radius 3 is 2.92 bits per heavy atom. The molecule has 0 saturated heterocycles. The van der Waals surface area contributed by atoms with Gasteiger partial charge in [-0.05, 0) is 48.4 Å². The standard InChI is InChI=1S/C20H21N3O3/c1-25-17-5-2-4-15(12-17)7-9-21-19-13-16(8-10-22-19)20(24)23-14-18-6-3-11-26-18/h2-6,8,10-13H,7,9,14H2,1H3,(H,21,22)(H,23,24). The quantitative estimate of drug-likeness (QED) is 0.651. The SMILES string of the molecule is COc1cccc(CCNc2cc(C(=O)NCc3ccco3)ccn2)c1. The molecule has 2 heterocycles. The molecule has 26 heavy (non-hydrogen) atoms. The molecule has 2 aromatic heterocycles. The lowest BCUT2D eigenvalue weighted by molar-refractivity contribution is 0.0948. The smallest absolute Gasteiger partial charge is 0.251 e. The van der Waals surface area contributed by atoms with Crippen LogP contribution in [0.1, 0.15) is 21.7 Å². The van der Waals surface area contributed by atoms with Gasteiger partial charge in [0, 0.05) is 18.3 Å². The third-order valence-electron chi connectivity index (χ3n) is 3.88. The van der Waals surface area contributed by atoms with E-state index in [1.54, 1.807) is 37.8 Å². The average molecular weight is 351 g/mol. The van der Waals surface area contributed by atoms with Gasteiger partial charge in [-0.1, -0.05) is 12.1 Å². The van der Waals surface area contributed by atoms with Crippen LogP contribution in [0.3, 0.4) is 0 Å². The van der Waals surface area contributed by atoms with Gasteiger partial charge in [0.1, 0.15) is 17.3 Å². The number of amides is 1. The lowest BCUT2D eigenvalue weighted by Crippen LogP contribution is -2.22. The molecule has 6 nitrogen and oxygen atoms in total. The van der Waals surface area contributed by atoms with Gasteiger partial charge < -0.3 is 19.8 Å². The first-order valence-electron chi connectivity index (χ1n) is 8.38. The lowest BCUT2D eigenvalue weighted by atomic mass is 10.1. The Morgan fingerprint density at radius 2 is 2.12 bits per heavy atom. The fourth-order valence-electron chi connectivity index (χ4n) is 2.51. The molecule has 6 heteroatoms. The third kappa shape index (κ3) is 4.86. The van der Waals surface area contributed by atoms with E-state index in [1.165, 1.54) is 5.56 Å². The number of rotatable bonds is 8. The molecule has 2 N–H and O–H groups in total. The summed E-state index contributed by atoms with van der Waals surface area (Å²) in [4.78, 5) is 16.5. The minimum absolute atomic E-state index is 0.167. The molecule has 0 radical (unpaired) electrons. The van der Waals surface area contributed by atoms with Gasteiger partial charge >= 0.3 is 0 Å². The Balaban J connectivity index is 1.52. The van der Waals surface area contributed by atoms with Gasteiger partial charge in [-0.15, -0.1) is 0 Å². The molecule has 3 rings (SSSR count). The van der Waals surface area contributed by atoms with E-state index in [0.29, 0.717) is 30.2 Å². The summed E-state index contributed by atoms with van der Waals surface area (Å²) in [7, 11) is 1.66. The van der Waals surface area contributed by atoms with Gasteiger partial charge in [0.05, 0.1) is 19.9 Å². The topological polar surface area (TPSA) is 76.4 Å². The summed E-state index contributed by atoms with van der Waals surface area (Å²) in [5.74, 6) is 2.05. The molecule has 3 aromatic rings. The van der Waals surface area contributed by atoms with E-state index in [2.05, 4.69) is 21.7 Å². The van der Waals surface area contributed by atoms with Crippen LogP contribution in [0.2, 0.25) is 0 Å². The second-order valence-electron chi connectivity index (χ2n) is 5.72. The summed E-state index contributed by atoms with van der Waals surface area (Å²) < 4.78 is 10.4. The molecule has 0 spiro atoms. The van der Waals surface area contributed by atoms with Crippen molar-refractivity contribution in [2.24, 2.45) is 0 Å². The molecule has 0 fully saturated rings. The second-order valence-corrected chi connectivity index (χ2v) is 5.72. The predicted molar refractivity (Wildman–Crippen MR) is 99.3 cm³/mol. The maximum absolute atomic E-state index is 12.2. The number of nitrogens with one attached hydrogen (secondary N) is 2. The molecule has 1 amide bonds. The molecule has 134 valence electrons. The Labute approximate surface area is 152 Å². The summed E-state index contributed by atoms with van der Waals surface area (Å²) in [5, 5.41) is 6.07. The van der Waals surface area contributed by atoms with Crippen molar-refractivity contribution in [2.75, 3.05) is 19.0 Å². The van der Waals surface area contributed by atoms with Gasteiger partial charge in [-0.25, -0.2) is 4.98 Å². The summed E-state index contributed by atoms with van der Waals surface area (Å²) >= 11 is 0. The van der Waals surface area contributed by atoms with Crippen molar-refractivity contribution < 1.29 is 13.9 Å². The lowest BCUT2D eigenvalue weighted by Gasteiger charge is -2.09. The van der Waals surface area contributed by atoms with Gasteiger partial charge in [0.2, 0.25) is 0 Å². The van der Waals surface area contributed by atoms with E-state index in [4.69, 9.17) is 9.15 Å². The first-order chi connectivity index (χ1) is 12.7. The van der Waals surface area contributed by atoms with Crippen molar-refractivity contribution in [1.82, 2.24) is 10.3 Å². The Hall–Kier alpha value is -3.28. The monoisotopic (exact) mass is 351 g/mol. The third-order valence-corrected chi connectivity index (χ3v) is 3.88. The Bertz CT molecular complexity index is 847. The number of aromatic nitrogens is 1. The highest BCUT2D eigenvalue weighted by Crippen LogP contribution is 2.13. The van der Waals surface area contributed by atoms with Crippen molar-refractivity contribution in [3.05, 3.63) is 77.9 Å². The normalized spacial score (nSPS) is 10.3. The van der Waals surface area contributed by atoms with E-state index in [9.17, 15) is 4.79 Å². The van der Waals surface area contributed by atoms with E-state index in [0.717, 1.165) is 12.2 Å². The maximum Gasteiger partial charge on any atom is 0.251 e. The van der Waals surface area contributed by atoms with Crippen LogP contribution in [0, 0.1) is 0 Å². The van der Waals surface area contributed by atoms with Crippen LogP contribution < -0.4 is 15.4 Å². The zero-order chi connectivity index (χ0) is 18.2. The van der Waals surface area contributed by atoms with Crippen LogP contribution in [0.15, 0.2) is 65.4 Å². The van der Waals surface area contributed by atoms with Crippen LogP contribution in [0.25, 0.3) is 0 Å². The first-order valence-corrected chi connectivity index (χ1v) is 8.38. The first kappa shape index (κ1) is 17.5. The largest absolute Gasteiger partial charge is 0.497 e. The van der Waals surface area contributed by atoms with Crippen molar-refractivity contribution in [3.8, 4) is 5.75 Å². The number of carbonyl (C=O) groups excluding carboxylic acids is 1. The number of hydrogen-bond acceptors (Lipinski definition) is 5. The molecule has 0 unspecified atom stereocenters. The number of benzene rings is 1. The van der Waals surface area contributed by atoms with Gasteiger partial charge in [0.15, 0.2) is 0 Å². The molecule has 0 aliphatic rings. The molecular formula is C20H21N3O3. The molecule has 0 aliphatic carbocycles. The number of nitrogens with zero attached hydrogens (tertiary/aromatic N) is 1. The van der Waals surface area contributed by atoms with Crippen molar-refractivity contribution in [3.63, 3.8) is 0 Å². The zero-order valence-corrected chi connectivity index (χ0v) is 14.6. The number of pyridine rings is 1. The van der Waals surface area contributed by atoms with Gasteiger partial charge in [-0.3, -0.25) is 4.79 Å². The van der Waals surface area contributed by atoms with Crippen molar-refractivity contribution >= 4 is 11.7 Å². The highest BCUT2D eigenvalue weighted by atomic mass is 16.5. The average Bonchev–Trinajstić information content (AvgIpc) is 3.20. The van der Waals surface area contributed by atoms with Gasteiger partial charge in [0.25, 0.3) is 5.91 Å². The minimum Gasteiger partial charge on any atom is -0.497 e. The highest BCUT2D eigenvalue weighted by molar-refractivity contribution is 5.94. The second kappa shape index (κ2) is 8.71. The fourth-order valence-corrected chi connectivity index (χ4v) is 2.51. The van der Waals surface area contributed by atoms with E-state index >= 15 is 0 Å². The maximum atomic E-state index is 12.2. The predicted octanol–water partition coefficient (Wildman–Crippen LogP) is 3.27. The fraction of sp³-hybridized carbons (Fsp3) is 0.200. The number of hydrogen-bond donors (Lipinski definition) is 2. The number of methoxy groups -OCH3 is 1. The molecule has 0 saturated carbocycles. The highest BCUT2D eigenvalue weighted by Gasteiger charge is 2.07. The number of ether oxygens (including phenoxy) is 1. The Morgan fingerprint density at radius 1 is 1.19 bits per heavy atom. The molecule has 1 aromatic carbocycles. The minimum atomic E-state index is -0.167. The van der Waals surface area contributed by atoms with Crippen LogP contribution >= 0.6 is 0 Å². The van der Waals surface area contributed by atoms with E-state index < -0.39 is 0 Å². The van der Waals surface area contributed by atoms with Crippen LogP contribution in [-0.2, 0) is 13.0 Å². The Kier molecular flexibility index (Phi) is 5.88. The van der Waals surface area contributed by atoms with Gasteiger partial charge in [-0.2, -0.15) is 0 Å². The van der Waals surface area contributed by atoms with Crippen LogP contribution in [0.4, 0.5) is 5.82 Å². The molecular weight excluding hydrogens is 330 g/mol. The van der Waals surface area contributed by atoms with E-state index in [1.807, 2.05) is 24.3 Å². The molecule has 0 aliphatic heterocycles. The molecule has 0 atom stereocenters. The summed E-state index contributed by atoms with van der Waals surface area (Å²) in [6.07, 6.45) is 4.03. The number of furan rings is 1. The zero-order valence-electron chi connectivity index (χ0n) is 14.6. The van der Waals surface area contributed by atoms with Crippen LogP contribution in [0.5, 0.6) is 5.75 Å². The summed E-state index contributed by atoms with van der Waals surface area (Å²) in [5.41, 5.74) is 1.72. The number of carbonyl (C=O) groups is 1. The number of anilines is 1. The van der Waals surface area contributed by atoms with Crippen molar-refractivity contribution in [2.45, 2.75) is 13.0 Å². The van der Waals surface area contributed by atoms with Crippen molar-refractivity contribution in [1.29, 1.82) is 0 Å². The molecule has 0 bridgehead atoms. The summed E-state index contributed by atoms with van der Waals surface area (Å²) in [6.45, 7) is 1.06.